The first-order valence-corrected chi connectivity index (χ1v) is 10.2. The molecule has 0 amide bonds. The van der Waals surface area contributed by atoms with Crippen LogP contribution < -0.4 is 5.73 Å². The molecule has 1 atom stereocenters. The van der Waals surface area contributed by atoms with Crippen LogP contribution in [0.15, 0.2) is 48.5 Å². The van der Waals surface area contributed by atoms with Gasteiger partial charge in [-0.25, -0.2) is 14.8 Å². The van der Waals surface area contributed by atoms with Crippen molar-refractivity contribution < 1.29 is 9.53 Å². The van der Waals surface area contributed by atoms with Crippen molar-refractivity contribution in [1.29, 1.82) is 0 Å². The number of nitrogens with two attached hydrogens (primary N) is 1. The van der Waals surface area contributed by atoms with Crippen molar-refractivity contribution >= 4 is 34.0 Å². The van der Waals surface area contributed by atoms with Crippen molar-refractivity contribution in [2.24, 2.45) is 5.92 Å². The molecular weight excluding hydrogens is 376 g/mol. The largest absolute Gasteiger partial charge is 0.462 e. The van der Waals surface area contributed by atoms with Gasteiger partial charge < -0.3 is 15.0 Å². The highest BCUT2D eigenvalue weighted by Gasteiger charge is 2.25. The number of esters is 1. The molecule has 0 spiro atoms. The maximum Gasteiger partial charge on any atom is 0.344 e. The molecule has 4 aromatic rings. The van der Waals surface area contributed by atoms with Crippen LogP contribution >= 0.6 is 0 Å². The van der Waals surface area contributed by atoms with Crippen molar-refractivity contribution in [3.8, 4) is 0 Å². The summed E-state index contributed by atoms with van der Waals surface area (Å²) in [7, 11) is 0. The summed E-state index contributed by atoms with van der Waals surface area (Å²) in [6, 6.07) is 15.8. The summed E-state index contributed by atoms with van der Waals surface area (Å²) in [5.41, 5.74) is 11.6. The SMILES string of the molecule is CC[C@@H](C)COC(=O)c1c(N)n(Cc2ccc(C)cc2)c2nc3ccccc3nc12. The van der Waals surface area contributed by atoms with Crippen molar-refractivity contribution in [1.82, 2.24) is 14.5 Å². The van der Waals surface area contributed by atoms with E-state index in [4.69, 9.17) is 20.4 Å². The van der Waals surface area contributed by atoms with E-state index in [0.717, 1.165) is 17.5 Å². The van der Waals surface area contributed by atoms with Gasteiger partial charge in [0.25, 0.3) is 0 Å². The zero-order chi connectivity index (χ0) is 21.3. The second kappa shape index (κ2) is 8.14. The summed E-state index contributed by atoms with van der Waals surface area (Å²) in [5, 5.41) is 0. The minimum absolute atomic E-state index is 0.281. The zero-order valence-corrected chi connectivity index (χ0v) is 17.6. The Morgan fingerprint density at radius 3 is 2.43 bits per heavy atom. The topological polar surface area (TPSA) is 83.0 Å². The van der Waals surface area contributed by atoms with E-state index in [2.05, 4.69) is 31.2 Å². The van der Waals surface area contributed by atoms with E-state index in [9.17, 15) is 4.79 Å². The summed E-state index contributed by atoms with van der Waals surface area (Å²) < 4.78 is 7.41. The lowest BCUT2D eigenvalue weighted by Gasteiger charge is -2.10. The molecule has 4 rings (SSSR count). The average molecular weight is 402 g/mol. The molecule has 6 heteroatoms. The Hall–Kier alpha value is -3.41. The van der Waals surface area contributed by atoms with Gasteiger partial charge in [-0.15, -0.1) is 0 Å². The fraction of sp³-hybridized carbons (Fsp3) is 0.292. The molecular formula is C24H26N4O2. The predicted octanol–water partition coefficient (Wildman–Crippen LogP) is 4.73. The fourth-order valence-corrected chi connectivity index (χ4v) is 3.36. The van der Waals surface area contributed by atoms with Gasteiger partial charge in [0.15, 0.2) is 5.65 Å². The highest BCUT2D eigenvalue weighted by molar-refractivity contribution is 6.08. The van der Waals surface area contributed by atoms with Crippen molar-refractivity contribution in [2.75, 3.05) is 12.3 Å². The number of hydrogen-bond donors (Lipinski definition) is 1. The molecule has 2 aromatic heterocycles. The van der Waals surface area contributed by atoms with Gasteiger partial charge in [0.1, 0.15) is 16.9 Å². The molecule has 0 saturated carbocycles. The first-order chi connectivity index (χ1) is 14.5. The molecule has 154 valence electrons. The summed E-state index contributed by atoms with van der Waals surface area (Å²) in [6.07, 6.45) is 0.933. The number of carbonyl (C=O) groups is 1. The van der Waals surface area contributed by atoms with Crippen LogP contribution in [0.4, 0.5) is 5.82 Å². The van der Waals surface area contributed by atoms with Crippen LogP contribution in [0.25, 0.3) is 22.2 Å². The van der Waals surface area contributed by atoms with Gasteiger partial charge in [-0.3, -0.25) is 0 Å². The minimum Gasteiger partial charge on any atom is -0.462 e. The van der Waals surface area contributed by atoms with Gasteiger partial charge in [0.05, 0.1) is 24.2 Å². The number of aromatic nitrogens is 3. The quantitative estimate of drug-likeness (QED) is 0.472. The minimum atomic E-state index is -0.454. The second-order valence-corrected chi connectivity index (χ2v) is 7.83. The second-order valence-electron chi connectivity index (χ2n) is 7.83. The third-order valence-corrected chi connectivity index (χ3v) is 5.45. The molecule has 0 aliphatic carbocycles. The molecule has 2 N–H and O–H groups in total. The average Bonchev–Trinajstić information content (AvgIpc) is 3.02. The predicted molar refractivity (Wildman–Crippen MR) is 119 cm³/mol. The number of anilines is 1. The van der Waals surface area contributed by atoms with Crippen LogP contribution in [-0.4, -0.2) is 27.1 Å². The highest BCUT2D eigenvalue weighted by Crippen LogP contribution is 2.29. The van der Waals surface area contributed by atoms with Gasteiger partial charge >= 0.3 is 5.97 Å². The number of nitrogen functional groups attached to an aromatic ring is 1. The third kappa shape index (κ3) is 3.73. The molecule has 0 radical (unpaired) electrons. The zero-order valence-electron chi connectivity index (χ0n) is 17.6. The number of aryl methyl sites for hydroxylation is 1. The Morgan fingerprint density at radius 1 is 1.10 bits per heavy atom. The number of ether oxygens (including phenoxy) is 1. The number of hydrogen-bond acceptors (Lipinski definition) is 5. The lowest BCUT2D eigenvalue weighted by molar-refractivity contribution is 0.0450. The van der Waals surface area contributed by atoms with E-state index in [1.807, 2.05) is 42.7 Å². The third-order valence-electron chi connectivity index (χ3n) is 5.45. The summed E-state index contributed by atoms with van der Waals surface area (Å²) >= 11 is 0. The molecule has 2 heterocycles. The molecule has 6 nitrogen and oxygen atoms in total. The molecule has 0 aliphatic heterocycles. The molecule has 0 bridgehead atoms. The Balaban J connectivity index is 1.85. The first-order valence-electron chi connectivity index (χ1n) is 10.2. The van der Waals surface area contributed by atoms with Crippen LogP contribution in [0.5, 0.6) is 0 Å². The van der Waals surface area contributed by atoms with Crippen LogP contribution in [-0.2, 0) is 11.3 Å². The number of nitrogens with zero attached hydrogens (tertiary/aromatic N) is 3. The van der Waals surface area contributed by atoms with E-state index in [0.29, 0.717) is 41.2 Å². The lowest BCUT2D eigenvalue weighted by atomic mass is 10.1. The smallest absolute Gasteiger partial charge is 0.344 e. The molecule has 30 heavy (non-hydrogen) atoms. The maximum absolute atomic E-state index is 13.0. The number of benzene rings is 2. The van der Waals surface area contributed by atoms with Crippen LogP contribution in [0.2, 0.25) is 0 Å². The Bertz CT molecular complexity index is 1210. The van der Waals surface area contributed by atoms with Gasteiger partial charge in [-0.1, -0.05) is 62.2 Å². The van der Waals surface area contributed by atoms with E-state index >= 15 is 0 Å². The van der Waals surface area contributed by atoms with Gasteiger partial charge in [0, 0.05) is 0 Å². The molecule has 0 fully saturated rings. The van der Waals surface area contributed by atoms with E-state index < -0.39 is 5.97 Å². The van der Waals surface area contributed by atoms with Crippen LogP contribution in [0.3, 0.4) is 0 Å². The fourth-order valence-electron chi connectivity index (χ4n) is 3.36. The standard InChI is InChI=1S/C24H26N4O2/c1-4-15(2)14-30-24(29)20-21-23(27-19-8-6-5-7-18(19)26-21)28(22(20)25)13-17-11-9-16(3)10-12-17/h5-12,15H,4,13-14,25H2,1-3H3/t15-/m1/s1. The van der Waals surface area contributed by atoms with Gasteiger partial charge in [-0.2, -0.15) is 0 Å². The van der Waals surface area contributed by atoms with E-state index in [1.54, 1.807) is 0 Å². The van der Waals surface area contributed by atoms with Crippen LogP contribution in [0, 0.1) is 12.8 Å². The number of rotatable bonds is 6. The number of para-hydroxylation sites is 2. The number of fused-ring (bicyclic) bond motifs is 2. The lowest BCUT2D eigenvalue weighted by Crippen LogP contribution is -2.14. The molecule has 2 aromatic carbocycles. The monoisotopic (exact) mass is 402 g/mol. The van der Waals surface area contributed by atoms with Gasteiger partial charge in [-0.05, 0) is 30.5 Å². The summed E-state index contributed by atoms with van der Waals surface area (Å²) in [6.45, 7) is 7.00. The Morgan fingerprint density at radius 2 is 1.77 bits per heavy atom. The maximum atomic E-state index is 13.0. The normalized spacial score (nSPS) is 12.4. The van der Waals surface area contributed by atoms with Crippen molar-refractivity contribution in [3.05, 3.63) is 65.2 Å². The van der Waals surface area contributed by atoms with E-state index in [1.165, 1.54) is 5.56 Å². The highest BCUT2D eigenvalue weighted by atomic mass is 16.5. The van der Waals surface area contributed by atoms with Crippen molar-refractivity contribution in [2.45, 2.75) is 33.7 Å². The van der Waals surface area contributed by atoms with Gasteiger partial charge in [0.2, 0.25) is 0 Å². The van der Waals surface area contributed by atoms with Crippen molar-refractivity contribution in [3.63, 3.8) is 0 Å². The summed E-state index contributed by atoms with van der Waals surface area (Å²) in [5.74, 6) is 0.156. The molecule has 0 aliphatic rings. The Labute approximate surface area is 175 Å². The first kappa shape index (κ1) is 19.9. The number of carbonyl (C=O) groups excluding carboxylic acids is 1. The summed E-state index contributed by atoms with van der Waals surface area (Å²) in [4.78, 5) is 22.5. The van der Waals surface area contributed by atoms with E-state index in [-0.39, 0.29) is 5.92 Å². The molecule has 0 unspecified atom stereocenters. The molecule has 0 saturated heterocycles. The Kier molecular flexibility index (Phi) is 5.40. The van der Waals surface area contributed by atoms with Crippen LogP contribution in [0.1, 0.15) is 41.8 Å².